The fourth-order valence-electron chi connectivity index (χ4n) is 3.20. The van der Waals surface area contributed by atoms with Crippen LogP contribution in [0, 0.1) is 5.92 Å². The largest absolute Gasteiger partial charge is 0.349 e. The van der Waals surface area contributed by atoms with Gasteiger partial charge in [-0.1, -0.05) is 13.0 Å². The summed E-state index contributed by atoms with van der Waals surface area (Å²) in [5.41, 5.74) is 1.21. The summed E-state index contributed by atoms with van der Waals surface area (Å²) in [5, 5.41) is 8.65. The van der Waals surface area contributed by atoms with E-state index in [1.165, 1.54) is 25.9 Å². The van der Waals surface area contributed by atoms with Crippen LogP contribution in [0.2, 0.25) is 0 Å². The minimum Gasteiger partial charge on any atom is -0.349 e. The van der Waals surface area contributed by atoms with Crippen molar-refractivity contribution in [2.45, 2.75) is 45.1 Å². The molecule has 0 spiro atoms. The summed E-state index contributed by atoms with van der Waals surface area (Å²) >= 11 is 0. The quantitative estimate of drug-likeness (QED) is 0.656. The second-order valence-corrected chi connectivity index (χ2v) is 7.59. The summed E-state index contributed by atoms with van der Waals surface area (Å²) in [7, 11) is 0. The van der Waals surface area contributed by atoms with Gasteiger partial charge >= 0.3 is 6.03 Å². The highest BCUT2D eigenvalue weighted by atomic mass is 16.2. The Kier molecular flexibility index (Phi) is 6.50. The normalized spacial score (nSPS) is 18.3. The Hall–Kier alpha value is -2.08. The van der Waals surface area contributed by atoms with Gasteiger partial charge in [-0.05, 0) is 75.9 Å². The molecule has 0 bridgehead atoms. The molecule has 1 saturated heterocycles. The Balaban J connectivity index is 1.35. The van der Waals surface area contributed by atoms with Crippen molar-refractivity contribution in [1.29, 1.82) is 0 Å². The Morgan fingerprint density at radius 3 is 2.65 bits per heavy atom. The number of carbonyl (C=O) groups excluding carboxylic acids is 2. The molecule has 3 amide bonds. The zero-order chi connectivity index (χ0) is 18.4. The van der Waals surface area contributed by atoms with Crippen molar-refractivity contribution in [2.24, 2.45) is 5.92 Å². The standard InChI is InChI=1S/C20H30N4O2/c1-15-8-12-24(13-9-15)11-3-10-21-20(26)23-18-5-2-4-16(14-18)19(25)22-17-6-7-17/h2,4-5,14-15,17H,3,6-13H2,1H3,(H,22,25)(H2,21,23,26). The lowest BCUT2D eigenvalue weighted by Crippen LogP contribution is -2.36. The summed E-state index contributed by atoms with van der Waals surface area (Å²) < 4.78 is 0. The van der Waals surface area contributed by atoms with E-state index >= 15 is 0 Å². The van der Waals surface area contributed by atoms with Gasteiger partial charge in [-0.2, -0.15) is 0 Å². The Morgan fingerprint density at radius 1 is 1.15 bits per heavy atom. The lowest BCUT2D eigenvalue weighted by molar-refractivity contribution is 0.0951. The van der Waals surface area contributed by atoms with E-state index in [4.69, 9.17) is 0 Å². The first-order valence-electron chi connectivity index (χ1n) is 9.78. The van der Waals surface area contributed by atoms with Gasteiger partial charge in [0, 0.05) is 23.8 Å². The number of carbonyl (C=O) groups is 2. The van der Waals surface area contributed by atoms with Crippen LogP contribution in [0.5, 0.6) is 0 Å². The summed E-state index contributed by atoms with van der Waals surface area (Å²) in [6, 6.07) is 7.16. The number of urea groups is 1. The van der Waals surface area contributed by atoms with Crippen molar-refractivity contribution in [1.82, 2.24) is 15.5 Å². The van der Waals surface area contributed by atoms with Crippen LogP contribution < -0.4 is 16.0 Å². The number of piperidine rings is 1. The fourth-order valence-corrected chi connectivity index (χ4v) is 3.20. The molecular weight excluding hydrogens is 328 g/mol. The maximum Gasteiger partial charge on any atom is 0.319 e. The SMILES string of the molecule is CC1CCN(CCCNC(=O)Nc2cccc(C(=O)NC3CC3)c2)CC1. The number of amides is 3. The van der Waals surface area contributed by atoms with Crippen LogP contribution in [-0.2, 0) is 0 Å². The number of likely N-dealkylation sites (tertiary alicyclic amines) is 1. The molecule has 1 aromatic carbocycles. The lowest BCUT2D eigenvalue weighted by Gasteiger charge is -2.30. The van der Waals surface area contributed by atoms with Crippen molar-refractivity contribution < 1.29 is 9.59 Å². The van der Waals surface area contributed by atoms with Crippen molar-refractivity contribution in [3.05, 3.63) is 29.8 Å². The smallest absolute Gasteiger partial charge is 0.319 e. The molecule has 6 heteroatoms. The van der Waals surface area contributed by atoms with E-state index in [1.807, 2.05) is 0 Å². The minimum atomic E-state index is -0.225. The highest BCUT2D eigenvalue weighted by Gasteiger charge is 2.23. The van der Waals surface area contributed by atoms with Crippen LogP contribution in [0.3, 0.4) is 0 Å². The first kappa shape index (κ1) is 18.7. The molecule has 2 fully saturated rings. The van der Waals surface area contributed by atoms with Crippen LogP contribution in [0.1, 0.15) is 49.4 Å². The van der Waals surface area contributed by atoms with E-state index in [0.29, 0.717) is 23.8 Å². The van der Waals surface area contributed by atoms with Gasteiger partial charge in [-0.3, -0.25) is 4.79 Å². The monoisotopic (exact) mass is 358 g/mol. The van der Waals surface area contributed by atoms with Gasteiger partial charge in [0.05, 0.1) is 0 Å². The average molecular weight is 358 g/mol. The summed E-state index contributed by atoms with van der Waals surface area (Å²) in [6.45, 7) is 6.34. The molecule has 1 aromatic rings. The zero-order valence-corrected chi connectivity index (χ0v) is 15.6. The predicted octanol–water partition coefficient (Wildman–Crippen LogP) is 2.82. The van der Waals surface area contributed by atoms with Gasteiger partial charge in [-0.15, -0.1) is 0 Å². The number of nitrogens with zero attached hydrogens (tertiary/aromatic N) is 1. The molecule has 0 atom stereocenters. The predicted molar refractivity (Wildman–Crippen MR) is 103 cm³/mol. The van der Waals surface area contributed by atoms with E-state index in [1.54, 1.807) is 24.3 Å². The molecular formula is C20H30N4O2. The average Bonchev–Trinajstić information content (AvgIpc) is 3.44. The van der Waals surface area contributed by atoms with E-state index in [9.17, 15) is 9.59 Å². The number of hydrogen-bond donors (Lipinski definition) is 3. The second kappa shape index (κ2) is 9.03. The van der Waals surface area contributed by atoms with E-state index in [2.05, 4.69) is 27.8 Å². The first-order chi connectivity index (χ1) is 12.6. The van der Waals surface area contributed by atoms with Gasteiger partial charge in [0.25, 0.3) is 5.91 Å². The maximum atomic E-state index is 12.1. The van der Waals surface area contributed by atoms with Crippen molar-refractivity contribution in [2.75, 3.05) is 31.5 Å². The fraction of sp³-hybridized carbons (Fsp3) is 0.600. The Bertz CT molecular complexity index is 622. The lowest BCUT2D eigenvalue weighted by atomic mass is 9.99. The molecule has 3 N–H and O–H groups in total. The first-order valence-corrected chi connectivity index (χ1v) is 9.78. The third-order valence-electron chi connectivity index (χ3n) is 5.11. The van der Waals surface area contributed by atoms with Crippen molar-refractivity contribution in [3.63, 3.8) is 0 Å². The van der Waals surface area contributed by atoms with Gasteiger partial charge in [0.15, 0.2) is 0 Å². The molecule has 0 radical (unpaired) electrons. The number of rotatable bonds is 7. The Labute approximate surface area is 155 Å². The van der Waals surface area contributed by atoms with Gasteiger partial charge in [0.2, 0.25) is 0 Å². The number of hydrogen-bond acceptors (Lipinski definition) is 3. The van der Waals surface area contributed by atoms with Crippen molar-refractivity contribution in [3.8, 4) is 0 Å². The highest BCUT2D eigenvalue weighted by Crippen LogP contribution is 2.20. The molecule has 1 aliphatic heterocycles. The van der Waals surface area contributed by atoms with Crippen molar-refractivity contribution >= 4 is 17.6 Å². The molecule has 2 aliphatic rings. The maximum absolute atomic E-state index is 12.1. The molecule has 1 saturated carbocycles. The highest BCUT2D eigenvalue weighted by molar-refractivity contribution is 5.97. The van der Waals surface area contributed by atoms with Gasteiger partial charge < -0.3 is 20.9 Å². The summed E-state index contributed by atoms with van der Waals surface area (Å²) in [4.78, 5) is 26.6. The van der Waals surface area contributed by atoms with E-state index in [-0.39, 0.29) is 11.9 Å². The van der Waals surface area contributed by atoms with Crippen LogP contribution in [0.25, 0.3) is 0 Å². The molecule has 3 rings (SSSR count). The van der Waals surface area contributed by atoms with E-state index < -0.39 is 0 Å². The molecule has 0 unspecified atom stereocenters. The third kappa shape index (κ3) is 6.02. The minimum absolute atomic E-state index is 0.0765. The molecule has 1 heterocycles. The van der Waals surface area contributed by atoms with Crippen LogP contribution in [0.15, 0.2) is 24.3 Å². The number of nitrogens with one attached hydrogen (secondary N) is 3. The third-order valence-corrected chi connectivity index (χ3v) is 5.11. The topological polar surface area (TPSA) is 73.5 Å². The molecule has 6 nitrogen and oxygen atoms in total. The molecule has 1 aliphatic carbocycles. The Morgan fingerprint density at radius 2 is 1.92 bits per heavy atom. The van der Waals surface area contributed by atoms with E-state index in [0.717, 1.165) is 31.7 Å². The number of anilines is 1. The van der Waals surface area contributed by atoms with Crippen LogP contribution in [0.4, 0.5) is 10.5 Å². The number of benzene rings is 1. The second-order valence-electron chi connectivity index (χ2n) is 7.59. The molecule has 0 aromatic heterocycles. The molecule has 142 valence electrons. The molecule has 26 heavy (non-hydrogen) atoms. The summed E-state index contributed by atoms with van der Waals surface area (Å²) in [6.07, 6.45) is 5.62. The van der Waals surface area contributed by atoms with Crippen LogP contribution >= 0.6 is 0 Å². The summed E-state index contributed by atoms with van der Waals surface area (Å²) in [5.74, 6) is 0.768. The van der Waals surface area contributed by atoms with Gasteiger partial charge in [-0.25, -0.2) is 4.79 Å². The van der Waals surface area contributed by atoms with Gasteiger partial charge in [0.1, 0.15) is 0 Å². The zero-order valence-electron chi connectivity index (χ0n) is 15.6. The van der Waals surface area contributed by atoms with Crippen LogP contribution in [-0.4, -0.2) is 49.1 Å².